The van der Waals surface area contributed by atoms with Crippen LogP contribution in [0.3, 0.4) is 0 Å². The maximum absolute atomic E-state index is 12.7. The Morgan fingerprint density at radius 1 is 0.952 bits per heavy atom. The topological polar surface area (TPSA) is 364 Å². The maximum atomic E-state index is 12.7. The van der Waals surface area contributed by atoms with E-state index < -0.39 is 84.6 Å². The molecule has 2 amide bonds. The average Bonchev–Trinajstić information content (AvgIpc) is 3.76. The van der Waals surface area contributed by atoms with Crippen molar-refractivity contribution < 1.29 is 80.5 Å². The first kappa shape index (κ1) is 54.5. The van der Waals surface area contributed by atoms with Crippen LogP contribution in [0.2, 0.25) is 0 Å². The van der Waals surface area contributed by atoms with E-state index >= 15 is 0 Å². The molecule has 1 aliphatic heterocycles. The molecule has 7 atom stereocenters. The third kappa shape index (κ3) is 19.2. The lowest BCUT2D eigenvalue weighted by Gasteiger charge is -2.30. The summed E-state index contributed by atoms with van der Waals surface area (Å²) >= 11 is 1.14. The number of phosphoric acid groups is 3. The Kier molecular flexibility index (Phi) is 22.2. The standard InChI is InChI=1S/C35H58N7O17P3S/c1-4-5-6-7-8-9-10-11-12-13-14-15-26(44)63-19-18-37-25(43)16-17-38-33(47)30(46)35(2,3)21-56-62(53,54)59-61(51,52)55-20-24-29(58-60(48,49)50)28(45)34(57-24)42-23-41-27-31(36)39-22-40-32(27)42/h1,22-24,28-30,34,45-46H,5-21H2,2-3H3,(H,37,43)(H,38,47)(H,51,52)(H,53,54)(H2,36,39,40)(H2,48,49,50)/t24-,28-,29-,30+,34-/m1/s1. The van der Waals surface area contributed by atoms with Gasteiger partial charge in [-0.15, -0.1) is 12.3 Å². The first-order valence-corrected chi connectivity index (χ1v) is 25.5. The second kappa shape index (κ2) is 25.7. The van der Waals surface area contributed by atoms with Gasteiger partial charge in [0.2, 0.25) is 11.8 Å². The number of phosphoric ester groups is 3. The van der Waals surface area contributed by atoms with E-state index in [0.29, 0.717) is 12.2 Å². The van der Waals surface area contributed by atoms with Gasteiger partial charge in [0, 0.05) is 43.5 Å². The number of nitrogens with zero attached hydrogens (tertiary/aromatic N) is 4. The number of fused-ring (bicyclic) bond motifs is 1. The second-order valence-electron chi connectivity index (χ2n) is 15.2. The molecular weight excluding hydrogens is 915 g/mol. The van der Waals surface area contributed by atoms with E-state index in [1.165, 1.54) is 39.5 Å². The van der Waals surface area contributed by atoms with Crippen molar-refractivity contribution in [1.29, 1.82) is 0 Å². The summed E-state index contributed by atoms with van der Waals surface area (Å²) in [4.78, 5) is 88.1. The summed E-state index contributed by atoms with van der Waals surface area (Å²) in [7, 11) is -16.4. The van der Waals surface area contributed by atoms with Crippen LogP contribution in [-0.4, -0.2) is 123 Å². The Labute approximate surface area is 368 Å². The fourth-order valence-corrected chi connectivity index (χ4v) is 9.65. The fourth-order valence-electron chi connectivity index (χ4n) is 6.10. The number of hydrogen-bond donors (Lipinski definition) is 9. The van der Waals surface area contributed by atoms with Crippen molar-refractivity contribution >= 4 is 69.1 Å². The summed E-state index contributed by atoms with van der Waals surface area (Å²) in [6.45, 7) is 0.544. The number of carbonyl (C=O) groups excluding carboxylic acids is 3. The van der Waals surface area contributed by atoms with Crippen molar-refractivity contribution in [2.24, 2.45) is 5.41 Å². The molecule has 0 radical (unpaired) electrons. The summed E-state index contributed by atoms with van der Waals surface area (Å²) in [5, 5.41) is 26.6. The number of aliphatic hydroxyl groups is 2. The predicted octanol–water partition coefficient (Wildman–Crippen LogP) is 2.59. The highest BCUT2D eigenvalue weighted by Crippen LogP contribution is 2.61. The predicted molar refractivity (Wildman–Crippen MR) is 227 cm³/mol. The molecule has 356 valence electrons. The number of amides is 2. The molecule has 0 spiro atoms. The van der Waals surface area contributed by atoms with Crippen LogP contribution < -0.4 is 16.4 Å². The Morgan fingerprint density at radius 2 is 1.59 bits per heavy atom. The number of rotatable bonds is 30. The molecule has 10 N–H and O–H groups in total. The van der Waals surface area contributed by atoms with E-state index in [1.54, 1.807) is 0 Å². The number of hydrogen-bond acceptors (Lipinski definition) is 18. The molecular formula is C35H58N7O17P3S. The highest BCUT2D eigenvalue weighted by molar-refractivity contribution is 8.13. The molecule has 2 unspecified atom stereocenters. The van der Waals surface area contributed by atoms with Crippen molar-refractivity contribution in [2.45, 2.75) is 122 Å². The highest BCUT2D eigenvalue weighted by Gasteiger charge is 2.50. The number of anilines is 1. The number of aromatic nitrogens is 4. The van der Waals surface area contributed by atoms with Crippen LogP contribution in [0.25, 0.3) is 11.2 Å². The number of aliphatic hydroxyl groups excluding tert-OH is 2. The maximum Gasteiger partial charge on any atom is 0.481 e. The zero-order valence-electron chi connectivity index (χ0n) is 34.9. The summed E-state index contributed by atoms with van der Waals surface area (Å²) in [6, 6.07) is 0. The van der Waals surface area contributed by atoms with Crippen LogP contribution >= 0.6 is 35.2 Å². The molecule has 3 rings (SSSR count). The molecule has 63 heavy (non-hydrogen) atoms. The Hall–Kier alpha value is -2.88. The molecule has 1 saturated heterocycles. The van der Waals surface area contributed by atoms with Crippen molar-refractivity contribution in [3.8, 4) is 12.3 Å². The van der Waals surface area contributed by atoms with Crippen LogP contribution in [0.1, 0.15) is 97.1 Å². The Balaban J connectivity index is 1.35. The highest BCUT2D eigenvalue weighted by atomic mass is 32.2. The van der Waals surface area contributed by atoms with Gasteiger partial charge in [-0.25, -0.2) is 28.6 Å². The smallest absolute Gasteiger partial charge is 0.386 e. The second-order valence-corrected chi connectivity index (χ2v) is 20.6. The van der Waals surface area contributed by atoms with Crippen molar-refractivity contribution in [2.75, 3.05) is 37.8 Å². The number of ether oxygens (including phenoxy) is 1. The Bertz CT molecular complexity index is 2000. The van der Waals surface area contributed by atoms with Crippen molar-refractivity contribution in [1.82, 2.24) is 30.2 Å². The Morgan fingerprint density at radius 3 is 2.24 bits per heavy atom. The molecule has 0 bridgehead atoms. The summed E-state index contributed by atoms with van der Waals surface area (Å²) in [6.07, 6.45) is 9.52. The average molecular weight is 974 g/mol. The van der Waals surface area contributed by atoms with Crippen LogP contribution in [0.4, 0.5) is 5.82 Å². The van der Waals surface area contributed by atoms with Crippen molar-refractivity contribution in [3.63, 3.8) is 0 Å². The number of unbranched alkanes of at least 4 members (excludes halogenated alkanes) is 9. The fraction of sp³-hybridized carbons (Fsp3) is 0.714. The van der Waals surface area contributed by atoms with Gasteiger partial charge < -0.3 is 50.9 Å². The normalized spacial score (nSPS) is 20.4. The molecule has 3 heterocycles. The lowest BCUT2D eigenvalue weighted by Crippen LogP contribution is -2.46. The molecule has 0 aliphatic carbocycles. The minimum absolute atomic E-state index is 0.0313. The number of terminal acetylenes is 1. The molecule has 0 aromatic carbocycles. The van der Waals surface area contributed by atoms with Gasteiger partial charge in [0.05, 0.1) is 19.5 Å². The van der Waals surface area contributed by atoms with Gasteiger partial charge in [-0.2, -0.15) is 4.31 Å². The van der Waals surface area contributed by atoms with E-state index in [1.807, 2.05) is 0 Å². The lowest BCUT2D eigenvalue weighted by molar-refractivity contribution is -0.137. The zero-order valence-corrected chi connectivity index (χ0v) is 38.4. The van der Waals surface area contributed by atoms with Crippen LogP contribution in [0, 0.1) is 17.8 Å². The van der Waals surface area contributed by atoms with Gasteiger partial charge in [-0.1, -0.05) is 70.6 Å². The third-order valence-electron chi connectivity index (χ3n) is 9.47. The molecule has 28 heteroatoms. The van der Waals surface area contributed by atoms with Crippen LogP contribution in [0.15, 0.2) is 12.7 Å². The van der Waals surface area contributed by atoms with Crippen LogP contribution in [0.5, 0.6) is 0 Å². The minimum Gasteiger partial charge on any atom is -0.386 e. The quantitative estimate of drug-likeness (QED) is 0.0308. The molecule has 2 aromatic rings. The first-order chi connectivity index (χ1) is 29.6. The summed E-state index contributed by atoms with van der Waals surface area (Å²) in [5.74, 6) is 1.60. The van der Waals surface area contributed by atoms with Gasteiger partial charge in [-0.3, -0.25) is 32.5 Å². The SMILES string of the molecule is C#CCCCCCCCCCCCC(=O)SCCNC(=O)CCNC(=O)[C@H](O)C(C)(C)COP(=O)(O)OP(=O)(O)OC[C@H]1O[C@@H](n2cnc3c(N)ncnc32)[C@H](O)[C@@H]1OP(=O)(O)O. The van der Waals surface area contributed by atoms with E-state index in [9.17, 15) is 57.9 Å². The van der Waals surface area contributed by atoms with E-state index in [2.05, 4.69) is 40.3 Å². The van der Waals surface area contributed by atoms with Gasteiger partial charge in [0.25, 0.3) is 0 Å². The number of nitrogens with one attached hydrogen (secondary N) is 2. The van der Waals surface area contributed by atoms with Gasteiger partial charge in [0.1, 0.15) is 36.3 Å². The van der Waals surface area contributed by atoms with E-state index in [0.717, 1.165) is 67.5 Å². The summed E-state index contributed by atoms with van der Waals surface area (Å²) < 4.78 is 62.3. The van der Waals surface area contributed by atoms with E-state index in [-0.39, 0.29) is 41.6 Å². The van der Waals surface area contributed by atoms with E-state index in [4.69, 9.17) is 25.9 Å². The third-order valence-corrected chi connectivity index (χ3v) is 13.5. The molecule has 1 aliphatic rings. The minimum atomic E-state index is -5.57. The van der Waals surface area contributed by atoms with Gasteiger partial charge in [0.15, 0.2) is 22.8 Å². The zero-order chi connectivity index (χ0) is 46.8. The molecule has 24 nitrogen and oxygen atoms in total. The van der Waals surface area contributed by atoms with Crippen LogP contribution in [-0.2, 0) is 50.7 Å². The van der Waals surface area contributed by atoms with Gasteiger partial charge >= 0.3 is 23.5 Å². The monoisotopic (exact) mass is 973 g/mol. The summed E-state index contributed by atoms with van der Waals surface area (Å²) in [5.41, 5.74) is 4.27. The number of carbonyl (C=O) groups is 3. The number of imidazole rings is 1. The van der Waals surface area contributed by atoms with Gasteiger partial charge in [-0.05, 0) is 12.8 Å². The lowest BCUT2D eigenvalue weighted by atomic mass is 9.87. The molecule has 0 saturated carbocycles. The first-order valence-electron chi connectivity index (χ1n) is 20.0. The van der Waals surface area contributed by atoms with Crippen molar-refractivity contribution in [3.05, 3.63) is 12.7 Å². The number of thioether (sulfide) groups is 1. The molecule has 1 fully saturated rings. The number of nitrogens with two attached hydrogens (primary N) is 1. The largest absolute Gasteiger partial charge is 0.481 e. The molecule has 2 aromatic heterocycles. The number of nitrogen functional groups attached to an aromatic ring is 1.